The number of fused-ring (bicyclic) bond motifs is 2. The van der Waals surface area contributed by atoms with Crippen LogP contribution in [-0.2, 0) is 23.9 Å². The maximum atomic E-state index is 13.0. The van der Waals surface area contributed by atoms with Crippen LogP contribution in [0.1, 0.15) is 39.5 Å². The number of hydrogen-bond acceptors (Lipinski definition) is 6. The smallest absolute Gasteiger partial charge is 0.333 e. The fourth-order valence-electron chi connectivity index (χ4n) is 5.35. The standard InChI is InChI=1S/C19H22O6/c1-9-5-11(20)6-14-12(9)4-3-10(2)19(14)8-15(24-18(19)23)13-7-16(21)25-17(13)22/h5,7,10,12,14-15,17,22H,3-4,6,8H2,1-2H3/t10-,12+,14+,15-,17-,19-/m1/s1. The molecule has 0 radical (unpaired) electrons. The average Bonchev–Trinajstić information content (AvgIpc) is 3.04. The quantitative estimate of drug-likeness (QED) is 0.727. The number of esters is 2. The molecule has 0 amide bonds. The molecular weight excluding hydrogens is 324 g/mol. The minimum Gasteiger partial charge on any atom is -0.457 e. The number of ether oxygens (including phenoxy) is 2. The number of carbonyl (C=O) groups is 3. The highest BCUT2D eigenvalue weighted by molar-refractivity contribution is 5.93. The van der Waals surface area contributed by atoms with Crippen molar-refractivity contribution >= 4 is 17.7 Å². The van der Waals surface area contributed by atoms with Crippen molar-refractivity contribution in [1.82, 2.24) is 0 Å². The summed E-state index contributed by atoms with van der Waals surface area (Å²) in [5.41, 5.74) is 0.603. The normalized spacial score (nSPS) is 43.5. The van der Waals surface area contributed by atoms with Crippen molar-refractivity contribution < 1.29 is 29.0 Å². The van der Waals surface area contributed by atoms with E-state index in [-0.39, 0.29) is 29.5 Å². The van der Waals surface area contributed by atoms with Crippen LogP contribution in [-0.4, -0.2) is 35.2 Å². The van der Waals surface area contributed by atoms with E-state index < -0.39 is 23.8 Å². The van der Waals surface area contributed by atoms with E-state index in [4.69, 9.17) is 9.47 Å². The Hall–Kier alpha value is -1.95. The van der Waals surface area contributed by atoms with Crippen molar-refractivity contribution in [2.24, 2.45) is 23.2 Å². The highest BCUT2D eigenvalue weighted by Gasteiger charge is 2.62. The monoisotopic (exact) mass is 346 g/mol. The topological polar surface area (TPSA) is 89.9 Å². The first-order valence-corrected chi connectivity index (χ1v) is 8.85. The van der Waals surface area contributed by atoms with Crippen LogP contribution in [0.4, 0.5) is 0 Å². The lowest BCUT2D eigenvalue weighted by molar-refractivity contribution is -0.158. The number of cyclic esters (lactones) is 2. The van der Waals surface area contributed by atoms with Crippen LogP contribution >= 0.6 is 0 Å². The fourth-order valence-corrected chi connectivity index (χ4v) is 5.35. The van der Waals surface area contributed by atoms with Gasteiger partial charge in [0, 0.05) is 24.5 Å². The number of hydrogen-bond donors (Lipinski definition) is 1. The number of aliphatic hydroxyl groups excluding tert-OH is 1. The maximum absolute atomic E-state index is 13.0. The molecule has 0 aromatic heterocycles. The molecule has 2 heterocycles. The molecule has 1 saturated heterocycles. The summed E-state index contributed by atoms with van der Waals surface area (Å²) in [6.45, 7) is 4.00. The van der Waals surface area contributed by atoms with Crippen LogP contribution in [0.2, 0.25) is 0 Å². The number of ketones is 1. The number of allylic oxidation sites excluding steroid dienone is 2. The zero-order valence-electron chi connectivity index (χ0n) is 14.4. The average molecular weight is 346 g/mol. The SMILES string of the molecule is CC1=CC(=O)C[C@H]2[C@H]1CC[C@@H](C)[C@]21C[C@H](C2=CC(=O)O[C@H]2O)OC1=O. The third kappa shape index (κ3) is 2.30. The second-order valence-electron chi connectivity index (χ2n) is 7.82. The van der Waals surface area contributed by atoms with Gasteiger partial charge in [0.2, 0.25) is 6.29 Å². The summed E-state index contributed by atoms with van der Waals surface area (Å²) >= 11 is 0. The van der Waals surface area contributed by atoms with E-state index >= 15 is 0 Å². The highest BCUT2D eigenvalue weighted by atomic mass is 16.6. The maximum Gasteiger partial charge on any atom is 0.333 e. The van der Waals surface area contributed by atoms with Crippen LogP contribution in [0.15, 0.2) is 23.3 Å². The molecule has 0 aromatic rings. The lowest BCUT2D eigenvalue weighted by Crippen LogP contribution is -2.50. The molecule has 2 fully saturated rings. The third-order valence-electron chi connectivity index (χ3n) is 6.65. The first-order chi connectivity index (χ1) is 11.8. The Morgan fingerprint density at radius 3 is 2.60 bits per heavy atom. The van der Waals surface area contributed by atoms with E-state index in [0.717, 1.165) is 18.4 Å². The van der Waals surface area contributed by atoms with E-state index in [1.165, 1.54) is 6.08 Å². The molecule has 1 spiro atoms. The first-order valence-electron chi connectivity index (χ1n) is 8.85. The van der Waals surface area contributed by atoms with Gasteiger partial charge in [-0.25, -0.2) is 4.79 Å². The second-order valence-corrected chi connectivity index (χ2v) is 7.82. The second kappa shape index (κ2) is 5.53. The Kier molecular flexibility index (Phi) is 3.65. The van der Waals surface area contributed by atoms with Gasteiger partial charge >= 0.3 is 11.9 Å². The van der Waals surface area contributed by atoms with Crippen molar-refractivity contribution in [3.63, 3.8) is 0 Å². The molecule has 2 aliphatic heterocycles. The molecular formula is C19H22O6. The summed E-state index contributed by atoms with van der Waals surface area (Å²) in [5, 5.41) is 9.91. The summed E-state index contributed by atoms with van der Waals surface area (Å²) in [4.78, 5) is 36.6. The van der Waals surface area contributed by atoms with E-state index in [1.807, 2.05) is 13.8 Å². The van der Waals surface area contributed by atoms with Gasteiger partial charge in [-0.1, -0.05) is 12.5 Å². The highest BCUT2D eigenvalue weighted by Crippen LogP contribution is 2.59. The molecule has 1 N–H and O–H groups in total. The molecule has 0 bridgehead atoms. The summed E-state index contributed by atoms with van der Waals surface area (Å²) in [5.74, 6) is -0.666. The predicted molar refractivity (Wildman–Crippen MR) is 85.9 cm³/mol. The van der Waals surface area contributed by atoms with Crippen molar-refractivity contribution in [3.8, 4) is 0 Å². The molecule has 25 heavy (non-hydrogen) atoms. The molecule has 0 aromatic carbocycles. The van der Waals surface area contributed by atoms with E-state index in [1.54, 1.807) is 6.08 Å². The fraction of sp³-hybridized carbons (Fsp3) is 0.632. The minimum atomic E-state index is -1.36. The molecule has 6 heteroatoms. The Bertz CT molecular complexity index is 719. The molecule has 4 rings (SSSR count). The predicted octanol–water partition coefficient (Wildman–Crippen LogP) is 1.67. The van der Waals surface area contributed by atoms with Gasteiger partial charge in [0.15, 0.2) is 5.78 Å². The van der Waals surface area contributed by atoms with E-state index in [0.29, 0.717) is 18.4 Å². The van der Waals surface area contributed by atoms with E-state index in [9.17, 15) is 19.5 Å². The molecule has 0 unspecified atom stereocenters. The Balaban J connectivity index is 1.71. The summed E-state index contributed by atoms with van der Waals surface area (Å²) < 4.78 is 10.4. The van der Waals surface area contributed by atoms with Gasteiger partial charge in [0.05, 0.1) is 5.41 Å². The number of rotatable bonds is 1. The van der Waals surface area contributed by atoms with Gasteiger partial charge in [-0.05, 0) is 43.6 Å². The largest absolute Gasteiger partial charge is 0.457 e. The molecule has 4 aliphatic rings. The van der Waals surface area contributed by atoms with Crippen LogP contribution in [0.25, 0.3) is 0 Å². The Labute approximate surface area is 145 Å². The van der Waals surface area contributed by atoms with Crippen LogP contribution in [0, 0.1) is 23.2 Å². The van der Waals surface area contributed by atoms with Gasteiger partial charge in [-0.2, -0.15) is 0 Å². The van der Waals surface area contributed by atoms with Gasteiger partial charge in [0.25, 0.3) is 0 Å². The summed E-state index contributed by atoms with van der Waals surface area (Å²) in [7, 11) is 0. The van der Waals surface area contributed by atoms with Crippen molar-refractivity contribution in [2.75, 3.05) is 0 Å². The van der Waals surface area contributed by atoms with Crippen molar-refractivity contribution in [1.29, 1.82) is 0 Å². The zero-order chi connectivity index (χ0) is 17.9. The molecule has 1 saturated carbocycles. The third-order valence-corrected chi connectivity index (χ3v) is 6.65. The van der Waals surface area contributed by atoms with Crippen LogP contribution in [0.3, 0.4) is 0 Å². The lowest BCUT2D eigenvalue weighted by Gasteiger charge is -2.49. The van der Waals surface area contributed by atoms with Gasteiger partial charge in [-0.3, -0.25) is 9.59 Å². The number of aliphatic hydroxyl groups is 1. The molecule has 134 valence electrons. The van der Waals surface area contributed by atoms with Gasteiger partial charge < -0.3 is 14.6 Å². The molecule has 6 nitrogen and oxygen atoms in total. The van der Waals surface area contributed by atoms with Crippen molar-refractivity contribution in [3.05, 3.63) is 23.3 Å². The lowest BCUT2D eigenvalue weighted by atomic mass is 9.52. The molecule has 2 aliphatic carbocycles. The van der Waals surface area contributed by atoms with Crippen LogP contribution < -0.4 is 0 Å². The Morgan fingerprint density at radius 1 is 1.16 bits per heavy atom. The minimum absolute atomic E-state index is 0.0575. The summed E-state index contributed by atoms with van der Waals surface area (Å²) in [6.07, 6.45) is 3.48. The van der Waals surface area contributed by atoms with Gasteiger partial charge in [-0.15, -0.1) is 0 Å². The first kappa shape index (κ1) is 16.5. The van der Waals surface area contributed by atoms with E-state index in [2.05, 4.69) is 0 Å². The van der Waals surface area contributed by atoms with Crippen molar-refractivity contribution in [2.45, 2.75) is 51.9 Å². The number of carbonyl (C=O) groups excluding carboxylic acids is 3. The Morgan fingerprint density at radius 2 is 1.92 bits per heavy atom. The van der Waals surface area contributed by atoms with Gasteiger partial charge in [0.1, 0.15) is 6.10 Å². The van der Waals surface area contributed by atoms with Crippen LogP contribution in [0.5, 0.6) is 0 Å². The summed E-state index contributed by atoms with van der Waals surface area (Å²) in [6, 6.07) is 0. The zero-order valence-corrected chi connectivity index (χ0v) is 14.4. The molecule has 6 atom stereocenters.